The van der Waals surface area contributed by atoms with Gasteiger partial charge in [0.25, 0.3) is 0 Å². The molecule has 0 bridgehead atoms. The van der Waals surface area contributed by atoms with E-state index >= 15 is 0 Å². The van der Waals surface area contributed by atoms with E-state index in [1.54, 1.807) is 7.11 Å². The Morgan fingerprint density at radius 2 is 2.25 bits per heavy atom. The van der Waals surface area contributed by atoms with E-state index in [4.69, 9.17) is 9.72 Å². The number of ether oxygens (including phenoxy) is 1. The van der Waals surface area contributed by atoms with Crippen molar-refractivity contribution in [2.45, 2.75) is 44.2 Å². The first-order valence-electron chi connectivity index (χ1n) is 7.63. The molecule has 20 heavy (non-hydrogen) atoms. The summed E-state index contributed by atoms with van der Waals surface area (Å²) in [5, 5.41) is 3.58. The van der Waals surface area contributed by atoms with Gasteiger partial charge < -0.3 is 14.6 Å². The molecule has 4 rings (SSSR count). The van der Waals surface area contributed by atoms with E-state index in [2.05, 4.69) is 22.0 Å². The fourth-order valence-electron chi connectivity index (χ4n) is 3.29. The van der Waals surface area contributed by atoms with E-state index in [0.29, 0.717) is 12.1 Å². The summed E-state index contributed by atoms with van der Waals surface area (Å²) in [6.07, 6.45) is 6.21. The SMILES string of the molecule is COc1ccc2c(c1)nc(CC1CCCN1)n2C1CC1. The Morgan fingerprint density at radius 3 is 2.95 bits per heavy atom. The molecule has 1 unspecified atom stereocenters. The summed E-state index contributed by atoms with van der Waals surface area (Å²) in [6, 6.07) is 7.53. The monoisotopic (exact) mass is 271 g/mol. The Kier molecular flexibility index (Phi) is 2.91. The molecule has 0 radical (unpaired) electrons. The lowest BCUT2D eigenvalue weighted by atomic mass is 10.1. The van der Waals surface area contributed by atoms with Gasteiger partial charge in [0.15, 0.2) is 0 Å². The molecular formula is C16H21N3O. The number of methoxy groups -OCH3 is 1. The van der Waals surface area contributed by atoms with Gasteiger partial charge in [-0.1, -0.05) is 0 Å². The number of aromatic nitrogens is 2. The second-order valence-corrected chi connectivity index (χ2v) is 5.98. The number of hydrogen-bond acceptors (Lipinski definition) is 3. The Bertz CT molecular complexity index is 624. The van der Waals surface area contributed by atoms with Gasteiger partial charge in [0.1, 0.15) is 11.6 Å². The van der Waals surface area contributed by atoms with Crippen LogP contribution in [0.25, 0.3) is 11.0 Å². The van der Waals surface area contributed by atoms with Gasteiger partial charge in [0.2, 0.25) is 0 Å². The smallest absolute Gasteiger partial charge is 0.121 e. The molecule has 1 aromatic carbocycles. The molecule has 1 saturated carbocycles. The summed E-state index contributed by atoms with van der Waals surface area (Å²) in [6.45, 7) is 1.15. The van der Waals surface area contributed by atoms with E-state index in [-0.39, 0.29) is 0 Å². The zero-order chi connectivity index (χ0) is 13.5. The van der Waals surface area contributed by atoms with E-state index < -0.39 is 0 Å². The van der Waals surface area contributed by atoms with Crippen LogP contribution in [0.5, 0.6) is 5.75 Å². The van der Waals surface area contributed by atoms with E-state index in [9.17, 15) is 0 Å². The maximum atomic E-state index is 5.32. The molecule has 0 spiro atoms. The largest absolute Gasteiger partial charge is 0.497 e. The predicted molar refractivity (Wildman–Crippen MR) is 79.3 cm³/mol. The lowest BCUT2D eigenvalue weighted by molar-refractivity contribution is 0.415. The molecule has 1 N–H and O–H groups in total. The highest BCUT2D eigenvalue weighted by molar-refractivity contribution is 5.78. The molecule has 4 nitrogen and oxygen atoms in total. The number of benzene rings is 1. The molecule has 1 aliphatic heterocycles. The summed E-state index contributed by atoms with van der Waals surface area (Å²) >= 11 is 0. The van der Waals surface area contributed by atoms with Crippen molar-refractivity contribution in [3.8, 4) is 5.75 Å². The molecule has 1 atom stereocenters. The summed E-state index contributed by atoms with van der Waals surface area (Å²) < 4.78 is 7.79. The van der Waals surface area contributed by atoms with Gasteiger partial charge in [-0.2, -0.15) is 0 Å². The molecule has 2 heterocycles. The van der Waals surface area contributed by atoms with E-state index in [0.717, 1.165) is 24.2 Å². The molecule has 2 fully saturated rings. The van der Waals surface area contributed by atoms with Gasteiger partial charge in [-0.3, -0.25) is 0 Å². The Labute approximate surface area is 119 Å². The third-order valence-corrected chi connectivity index (χ3v) is 4.47. The average Bonchev–Trinajstić information content (AvgIpc) is 3.05. The maximum absolute atomic E-state index is 5.32. The molecule has 1 aromatic heterocycles. The molecule has 0 amide bonds. The number of fused-ring (bicyclic) bond motifs is 1. The van der Waals surface area contributed by atoms with Crippen molar-refractivity contribution >= 4 is 11.0 Å². The lowest BCUT2D eigenvalue weighted by Gasteiger charge is -2.12. The zero-order valence-electron chi connectivity index (χ0n) is 11.9. The fourth-order valence-corrected chi connectivity index (χ4v) is 3.29. The van der Waals surface area contributed by atoms with Crippen LogP contribution in [0.3, 0.4) is 0 Å². The first kappa shape index (κ1) is 12.2. The van der Waals surface area contributed by atoms with Crippen molar-refractivity contribution in [3.05, 3.63) is 24.0 Å². The van der Waals surface area contributed by atoms with Crippen molar-refractivity contribution < 1.29 is 4.74 Å². The highest BCUT2D eigenvalue weighted by atomic mass is 16.5. The quantitative estimate of drug-likeness (QED) is 0.929. The minimum absolute atomic E-state index is 0.603. The van der Waals surface area contributed by atoms with Crippen LogP contribution < -0.4 is 10.1 Å². The number of nitrogens with zero attached hydrogens (tertiary/aromatic N) is 2. The van der Waals surface area contributed by atoms with Crippen LogP contribution in [0.4, 0.5) is 0 Å². The maximum Gasteiger partial charge on any atom is 0.121 e. The highest BCUT2D eigenvalue weighted by Crippen LogP contribution is 2.39. The normalized spacial score (nSPS) is 22.6. The van der Waals surface area contributed by atoms with Crippen molar-refractivity contribution in [3.63, 3.8) is 0 Å². The summed E-state index contributed by atoms with van der Waals surface area (Å²) in [5.41, 5.74) is 2.34. The minimum atomic E-state index is 0.603. The van der Waals surface area contributed by atoms with Gasteiger partial charge in [0.05, 0.1) is 18.1 Å². The van der Waals surface area contributed by atoms with Crippen molar-refractivity contribution in [1.82, 2.24) is 14.9 Å². The first-order valence-corrected chi connectivity index (χ1v) is 7.63. The lowest BCUT2D eigenvalue weighted by Crippen LogP contribution is -2.25. The Morgan fingerprint density at radius 1 is 1.35 bits per heavy atom. The zero-order valence-corrected chi connectivity index (χ0v) is 11.9. The minimum Gasteiger partial charge on any atom is -0.497 e. The predicted octanol–water partition coefficient (Wildman–Crippen LogP) is 2.67. The van der Waals surface area contributed by atoms with Gasteiger partial charge in [-0.25, -0.2) is 4.98 Å². The van der Waals surface area contributed by atoms with Crippen LogP contribution >= 0.6 is 0 Å². The number of nitrogens with one attached hydrogen (secondary N) is 1. The van der Waals surface area contributed by atoms with Crippen LogP contribution in [-0.2, 0) is 6.42 Å². The van der Waals surface area contributed by atoms with Gasteiger partial charge in [-0.05, 0) is 44.4 Å². The topological polar surface area (TPSA) is 39.1 Å². The number of hydrogen-bond donors (Lipinski definition) is 1. The summed E-state index contributed by atoms with van der Waals surface area (Å²) in [4.78, 5) is 4.89. The van der Waals surface area contributed by atoms with Crippen LogP contribution in [0.1, 0.15) is 37.5 Å². The molecular weight excluding hydrogens is 250 g/mol. The van der Waals surface area contributed by atoms with E-state index in [1.807, 2.05) is 6.07 Å². The number of imidazole rings is 1. The first-order chi connectivity index (χ1) is 9.85. The third kappa shape index (κ3) is 2.08. The molecule has 2 aromatic rings. The molecule has 106 valence electrons. The van der Waals surface area contributed by atoms with Crippen LogP contribution in [-0.4, -0.2) is 29.2 Å². The van der Waals surface area contributed by atoms with Crippen molar-refractivity contribution in [2.75, 3.05) is 13.7 Å². The second-order valence-electron chi connectivity index (χ2n) is 5.98. The second kappa shape index (κ2) is 4.77. The Hall–Kier alpha value is -1.55. The number of rotatable bonds is 4. The van der Waals surface area contributed by atoms with E-state index in [1.165, 1.54) is 37.0 Å². The van der Waals surface area contributed by atoms with Crippen LogP contribution in [0.15, 0.2) is 18.2 Å². The highest BCUT2D eigenvalue weighted by Gasteiger charge is 2.29. The summed E-state index contributed by atoms with van der Waals surface area (Å²) in [5.74, 6) is 2.14. The standard InChI is InChI=1S/C16H21N3O/c1-20-13-6-7-15-14(10-13)18-16(19(15)12-4-5-12)9-11-3-2-8-17-11/h6-7,10-12,17H,2-5,8-9H2,1H3. The molecule has 2 aliphatic rings. The molecule has 1 aliphatic carbocycles. The van der Waals surface area contributed by atoms with Crippen LogP contribution in [0, 0.1) is 0 Å². The fraction of sp³-hybridized carbons (Fsp3) is 0.562. The van der Waals surface area contributed by atoms with Gasteiger partial charge >= 0.3 is 0 Å². The van der Waals surface area contributed by atoms with Crippen molar-refractivity contribution in [1.29, 1.82) is 0 Å². The molecule has 1 saturated heterocycles. The van der Waals surface area contributed by atoms with Gasteiger partial charge in [0, 0.05) is 24.6 Å². The van der Waals surface area contributed by atoms with Crippen LogP contribution in [0.2, 0.25) is 0 Å². The molecule has 4 heteroatoms. The van der Waals surface area contributed by atoms with Gasteiger partial charge in [-0.15, -0.1) is 0 Å². The Balaban J connectivity index is 1.75. The third-order valence-electron chi connectivity index (χ3n) is 4.47. The van der Waals surface area contributed by atoms with Crippen molar-refractivity contribution in [2.24, 2.45) is 0 Å². The summed E-state index contributed by atoms with van der Waals surface area (Å²) in [7, 11) is 1.71. The average molecular weight is 271 g/mol.